The third-order valence-corrected chi connectivity index (χ3v) is 5.32. The molecule has 1 aliphatic rings. The van der Waals surface area contributed by atoms with E-state index in [1.54, 1.807) is 12.1 Å². The molecule has 0 spiro atoms. The fourth-order valence-electron chi connectivity index (χ4n) is 2.65. The van der Waals surface area contributed by atoms with E-state index in [9.17, 15) is 24.0 Å². The number of nitrogens with one attached hydrogen (secondary N) is 2. The summed E-state index contributed by atoms with van der Waals surface area (Å²) in [5.74, 6) is -1.70. The zero-order valence-electron chi connectivity index (χ0n) is 16.1. The number of esters is 1. The van der Waals surface area contributed by atoms with Crippen LogP contribution >= 0.6 is 11.3 Å². The lowest BCUT2D eigenvalue weighted by Crippen LogP contribution is -2.50. The first kappa shape index (κ1) is 21.2. The van der Waals surface area contributed by atoms with Crippen LogP contribution in [0.3, 0.4) is 0 Å². The Morgan fingerprint density at radius 2 is 1.83 bits per heavy atom. The standard InChI is InChI=1S/C20H19N3O6S/c1-12(24)21-10-15-6-7-17(30-15)16(25)11-29-20(28)13-2-4-14(5-3-13)23-19(27)9-8-18(26)22-23/h2-7H,8-11H2,1H3,(H,21,24)(H,22,26). The van der Waals surface area contributed by atoms with E-state index in [1.165, 1.54) is 42.5 Å². The monoisotopic (exact) mass is 429 g/mol. The van der Waals surface area contributed by atoms with E-state index in [2.05, 4.69) is 10.7 Å². The van der Waals surface area contributed by atoms with Crippen LogP contribution in [0.1, 0.15) is 44.7 Å². The summed E-state index contributed by atoms with van der Waals surface area (Å²) in [5.41, 5.74) is 3.10. The molecule has 2 heterocycles. The van der Waals surface area contributed by atoms with Crippen molar-refractivity contribution in [3.63, 3.8) is 0 Å². The summed E-state index contributed by atoms with van der Waals surface area (Å²) >= 11 is 1.22. The van der Waals surface area contributed by atoms with Gasteiger partial charge in [0, 0.05) is 24.6 Å². The number of benzene rings is 1. The van der Waals surface area contributed by atoms with Gasteiger partial charge in [-0.25, -0.2) is 9.80 Å². The molecule has 9 nitrogen and oxygen atoms in total. The van der Waals surface area contributed by atoms with Crippen molar-refractivity contribution in [3.05, 3.63) is 51.7 Å². The Kier molecular flexibility index (Phi) is 6.58. The number of ether oxygens (including phenoxy) is 1. The normalized spacial score (nSPS) is 13.6. The maximum Gasteiger partial charge on any atom is 0.338 e. The number of ketones is 1. The number of anilines is 1. The van der Waals surface area contributed by atoms with Gasteiger partial charge >= 0.3 is 5.97 Å². The van der Waals surface area contributed by atoms with Gasteiger partial charge in [-0.1, -0.05) is 0 Å². The molecule has 0 atom stereocenters. The van der Waals surface area contributed by atoms with Gasteiger partial charge in [0.25, 0.3) is 0 Å². The summed E-state index contributed by atoms with van der Waals surface area (Å²) in [7, 11) is 0. The number of hydrazine groups is 1. The Bertz CT molecular complexity index is 998. The van der Waals surface area contributed by atoms with Crippen LogP contribution in [0, 0.1) is 0 Å². The maximum atomic E-state index is 12.2. The molecule has 10 heteroatoms. The lowest BCUT2D eigenvalue weighted by Gasteiger charge is -2.27. The molecule has 0 saturated carbocycles. The predicted octanol–water partition coefficient (Wildman–Crippen LogP) is 1.58. The van der Waals surface area contributed by atoms with Crippen molar-refractivity contribution in [2.24, 2.45) is 0 Å². The minimum atomic E-state index is -0.682. The molecular weight excluding hydrogens is 410 g/mol. The number of carbonyl (C=O) groups excluding carboxylic acids is 5. The van der Waals surface area contributed by atoms with E-state index in [0.29, 0.717) is 17.1 Å². The first-order valence-electron chi connectivity index (χ1n) is 9.09. The molecule has 0 bridgehead atoms. The topological polar surface area (TPSA) is 122 Å². The third kappa shape index (κ3) is 5.29. The van der Waals surface area contributed by atoms with Crippen LogP contribution in [0.25, 0.3) is 0 Å². The Morgan fingerprint density at radius 1 is 1.10 bits per heavy atom. The molecular formula is C20H19N3O6S. The molecule has 1 aromatic heterocycles. The molecule has 2 aromatic rings. The molecule has 0 aliphatic carbocycles. The number of nitrogens with zero attached hydrogens (tertiary/aromatic N) is 1. The molecule has 0 unspecified atom stereocenters. The number of amides is 3. The van der Waals surface area contributed by atoms with Gasteiger partial charge in [0.1, 0.15) is 0 Å². The van der Waals surface area contributed by atoms with Gasteiger partial charge in [0.15, 0.2) is 6.61 Å². The van der Waals surface area contributed by atoms with Crippen molar-refractivity contribution < 1.29 is 28.7 Å². The van der Waals surface area contributed by atoms with Crippen molar-refractivity contribution in [1.82, 2.24) is 10.7 Å². The SMILES string of the molecule is CC(=O)NCc1ccc(C(=O)COC(=O)c2ccc(N3NC(=O)CCC3=O)cc2)s1. The molecule has 156 valence electrons. The fraction of sp³-hybridized carbons (Fsp3) is 0.250. The average molecular weight is 429 g/mol. The van der Waals surface area contributed by atoms with E-state index in [1.807, 2.05) is 0 Å². The third-order valence-electron chi connectivity index (χ3n) is 4.20. The van der Waals surface area contributed by atoms with Gasteiger partial charge in [0.2, 0.25) is 23.5 Å². The minimum Gasteiger partial charge on any atom is -0.454 e. The zero-order chi connectivity index (χ0) is 21.7. The van der Waals surface area contributed by atoms with Crippen LogP contribution in [-0.2, 0) is 25.7 Å². The Morgan fingerprint density at radius 3 is 2.53 bits per heavy atom. The van der Waals surface area contributed by atoms with Crippen LogP contribution < -0.4 is 15.8 Å². The summed E-state index contributed by atoms with van der Waals surface area (Å²) in [6, 6.07) is 9.27. The van der Waals surface area contributed by atoms with Crippen LogP contribution in [0.2, 0.25) is 0 Å². The number of hydrogen-bond donors (Lipinski definition) is 2. The minimum absolute atomic E-state index is 0.118. The zero-order valence-corrected chi connectivity index (χ0v) is 16.9. The molecule has 3 amide bonds. The van der Waals surface area contributed by atoms with Crippen LogP contribution in [0.5, 0.6) is 0 Å². The smallest absolute Gasteiger partial charge is 0.338 e. The predicted molar refractivity (Wildman–Crippen MR) is 108 cm³/mol. The van der Waals surface area contributed by atoms with Crippen molar-refractivity contribution >= 4 is 46.5 Å². The van der Waals surface area contributed by atoms with E-state index >= 15 is 0 Å². The first-order chi connectivity index (χ1) is 14.3. The van der Waals surface area contributed by atoms with Gasteiger partial charge < -0.3 is 10.1 Å². The second-order valence-corrected chi connectivity index (χ2v) is 7.65. The van der Waals surface area contributed by atoms with Crippen molar-refractivity contribution in [3.8, 4) is 0 Å². The van der Waals surface area contributed by atoms with Crippen LogP contribution in [0.4, 0.5) is 5.69 Å². The van der Waals surface area contributed by atoms with Gasteiger partial charge in [-0.3, -0.25) is 24.6 Å². The summed E-state index contributed by atoms with van der Waals surface area (Å²) in [5, 5.41) is 3.79. The Hall–Kier alpha value is -3.53. The van der Waals surface area contributed by atoms with Gasteiger partial charge in [0.05, 0.1) is 22.7 Å². The summed E-state index contributed by atoms with van der Waals surface area (Å²) in [6.07, 6.45) is 0.264. The molecule has 3 rings (SSSR count). The van der Waals surface area contributed by atoms with Crippen LogP contribution in [-0.4, -0.2) is 36.1 Å². The highest BCUT2D eigenvalue weighted by Gasteiger charge is 2.24. The lowest BCUT2D eigenvalue weighted by atomic mass is 10.2. The molecule has 1 aromatic carbocycles. The van der Waals surface area contributed by atoms with Crippen molar-refractivity contribution in [2.45, 2.75) is 26.3 Å². The highest BCUT2D eigenvalue weighted by atomic mass is 32.1. The number of carbonyl (C=O) groups is 5. The molecule has 2 N–H and O–H groups in total. The summed E-state index contributed by atoms with van der Waals surface area (Å²) in [4.78, 5) is 60.0. The quantitative estimate of drug-likeness (QED) is 0.509. The second kappa shape index (κ2) is 9.31. The summed E-state index contributed by atoms with van der Waals surface area (Å²) < 4.78 is 5.07. The van der Waals surface area contributed by atoms with E-state index < -0.39 is 12.6 Å². The van der Waals surface area contributed by atoms with Crippen molar-refractivity contribution in [2.75, 3.05) is 11.6 Å². The van der Waals surface area contributed by atoms with Gasteiger partial charge in [-0.15, -0.1) is 11.3 Å². The second-order valence-electron chi connectivity index (χ2n) is 6.49. The average Bonchev–Trinajstić information content (AvgIpc) is 3.21. The number of hydrogen-bond acceptors (Lipinski definition) is 7. The molecule has 30 heavy (non-hydrogen) atoms. The van der Waals surface area contributed by atoms with Gasteiger partial charge in [-0.2, -0.15) is 0 Å². The number of rotatable bonds is 7. The highest BCUT2D eigenvalue weighted by Crippen LogP contribution is 2.19. The number of thiophene rings is 1. The summed E-state index contributed by atoms with van der Waals surface area (Å²) in [6.45, 7) is 1.33. The number of Topliss-reactive ketones (excluding diaryl/α,β-unsaturated/α-hetero) is 1. The van der Waals surface area contributed by atoms with E-state index in [0.717, 1.165) is 9.89 Å². The fourth-order valence-corrected chi connectivity index (χ4v) is 3.52. The first-order valence-corrected chi connectivity index (χ1v) is 9.91. The molecule has 1 fully saturated rings. The largest absolute Gasteiger partial charge is 0.454 e. The highest BCUT2D eigenvalue weighted by molar-refractivity contribution is 7.14. The van der Waals surface area contributed by atoms with E-state index in [-0.39, 0.29) is 41.9 Å². The van der Waals surface area contributed by atoms with Gasteiger partial charge in [-0.05, 0) is 36.4 Å². The maximum absolute atomic E-state index is 12.2. The van der Waals surface area contributed by atoms with E-state index in [4.69, 9.17) is 4.74 Å². The molecule has 1 saturated heterocycles. The van der Waals surface area contributed by atoms with Crippen molar-refractivity contribution in [1.29, 1.82) is 0 Å². The Balaban J connectivity index is 1.54. The Labute approximate surface area is 176 Å². The molecule has 1 aliphatic heterocycles. The van der Waals surface area contributed by atoms with Crippen LogP contribution in [0.15, 0.2) is 36.4 Å². The molecule has 0 radical (unpaired) electrons. The lowest BCUT2D eigenvalue weighted by molar-refractivity contribution is -0.130.